The van der Waals surface area contributed by atoms with Crippen molar-refractivity contribution in [2.24, 2.45) is 0 Å². The molecule has 3 rings (SSSR count). The number of hydrogen-bond acceptors (Lipinski definition) is 6. The van der Waals surface area contributed by atoms with Crippen molar-refractivity contribution in [2.45, 2.75) is 39.1 Å². The Hall–Kier alpha value is -3.11. The monoisotopic (exact) mass is 413 g/mol. The second kappa shape index (κ2) is 7.37. The van der Waals surface area contributed by atoms with E-state index in [2.05, 4.69) is 5.32 Å². The number of cyclic esters (lactones) is 2. The molecule has 2 heterocycles. The molecule has 0 unspecified atom stereocenters. The maximum absolute atomic E-state index is 15.0. The molecule has 1 aromatic carbocycles. The van der Waals surface area contributed by atoms with Gasteiger partial charge in [0.15, 0.2) is 5.82 Å². The van der Waals surface area contributed by atoms with E-state index in [4.69, 9.17) is 14.2 Å². The highest BCUT2D eigenvalue weighted by molar-refractivity contribution is 5.93. The first kappa shape index (κ1) is 20.6. The van der Waals surface area contributed by atoms with Gasteiger partial charge in [0.25, 0.3) is 0 Å². The van der Waals surface area contributed by atoms with Crippen LogP contribution in [-0.2, 0) is 20.8 Å². The summed E-state index contributed by atoms with van der Waals surface area (Å²) in [7, 11) is 1.25. The summed E-state index contributed by atoms with van der Waals surface area (Å²) in [5.41, 5.74) is -1.44. The zero-order valence-electron chi connectivity index (χ0n) is 16.4. The maximum atomic E-state index is 15.0. The Morgan fingerprint density at radius 1 is 1.31 bits per heavy atom. The lowest BCUT2D eigenvalue weighted by Gasteiger charge is -2.28. The SMILES string of the molecule is CN1C(=O)OCc2c(F)c(N3C[C@H](CNC(=O)OC(C)(C)C)OC3=O)cc(F)c21. The van der Waals surface area contributed by atoms with Crippen molar-refractivity contribution in [1.82, 2.24) is 5.32 Å². The van der Waals surface area contributed by atoms with Gasteiger partial charge in [-0.25, -0.2) is 23.2 Å². The Kier molecular flexibility index (Phi) is 5.24. The van der Waals surface area contributed by atoms with Gasteiger partial charge < -0.3 is 19.5 Å². The van der Waals surface area contributed by atoms with Crippen molar-refractivity contribution in [3.63, 3.8) is 0 Å². The molecular weight excluding hydrogens is 392 g/mol. The quantitative estimate of drug-likeness (QED) is 0.766. The number of amides is 3. The first-order valence-electron chi connectivity index (χ1n) is 8.84. The number of nitrogens with zero attached hydrogens (tertiary/aromatic N) is 2. The molecule has 1 N–H and O–H groups in total. The predicted molar refractivity (Wildman–Crippen MR) is 96.8 cm³/mol. The van der Waals surface area contributed by atoms with E-state index in [1.807, 2.05) is 0 Å². The minimum atomic E-state index is -0.890. The molecule has 1 saturated heterocycles. The molecule has 1 atom stereocenters. The third-order valence-corrected chi connectivity index (χ3v) is 4.25. The Morgan fingerprint density at radius 3 is 2.66 bits per heavy atom. The number of nitrogens with one attached hydrogen (secondary N) is 1. The number of fused-ring (bicyclic) bond motifs is 1. The van der Waals surface area contributed by atoms with Gasteiger partial charge in [0.2, 0.25) is 0 Å². The molecular formula is C18H21F2N3O6. The minimum Gasteiger partial charge on any atom is -0.444 e. The van der Waals surface area contributed by atoms with E-state index in [0.29, 0.717) is 0 Å². The standard InChI is InChI=1S/C18H21F2N3O6/c1-18(2,3)29-15(24)21-6-9-7-23(17(26)28-9)12-5-11(19)14-10(13(12)20)8-27-16(25)22(14)4/h5,9H,6-8H2,1-4H3,(H,21,24)/t9-/m0/s1. The molecule has 0 aromatic heterocycles. The molecule has 11 heteroatoms. The van der Waals surface area contributed by atoms with Crippen LogP contribution in [0.15, 0.2) is 6.07 Å². The smallest absolute Gasteiger partial charge is 0.414 e. The van der Waals surface area contributed by atoms with E-state index in [1.54, 1.807) is 20.8 Å². The Morgan fingerprint density at radius 2 is 2.00 bits per heavy atom. The van der Waals surface area contributed by atoms with Crippen molar-refractivity contribution in [1.29, 1.82) is 0 Å². The molecule has 0 aliphatic carbocycles. The number of benzene rings is 1. The summed E-state index contributed by atoms with van der Waals surface area (Å²) in [6.45, 7) is 4.47. The fraction of sp³-hybridized carbons (Fsp3) is 0.500. The predicted octanol–water partition coefficient (Wildman–Crippen LogP) is 2.90. The minimum absolute atomic E-state index is 0.0630. The molecule has 9 nitrogen and oxygen atoms in total. The van der Waals surface area contributed by atoms with Crippen molar-refractivity contribution in [3.8, 4) is 0 Å². The highest BCUT2D eigenvalue weighted by Crippen LogP contribution is 2.37. The second-order valence-electron chi connectivity index (χ2n) is 7.63. The van der Waals surface area contributed by atoms with Crippen LogP contribution in [0.4, 0.5) is 34.5 Å². The number of carbonyl (C=O) groups is 3. The van der Waals surface area contributed by atoms with Gasteiger partial charge in [-0.15, -0.1) is 0 Å². The number of alkyl carbamates (subject to hydrolysis) is 1. The average Bonchev–Trinajstić information content (AvgIpc) is 2.98. The van der Waals surface area contributed by atoms with Gasteiger partial charge in [-0.1, -0.05) is 0 Å². The van der Waals surface area contributed by atoms with E-state index < -0.39 is 48.2 Å². The summed E-state index contributed by atoms with van der Waals surface area (Å²) < 4.78 is 44.5. The van der Waals surface area contributed by atoms with Gasteiger partial charge in [-0.2, -0.15) is 0 Å². The largest absolute Gasteiger partial charge is 0.444 e. The van der Waals surface area contributed by atoms with Crippen molar-refractivity contribution >= 4 is 29.7 Å². The van der Waals surface area contributed by atoms with Gasteiger partial charge in [0.1, 0.15) is 24.1 Å². The Bertz CT molecular complexity index is 870. The van der Waals surface area contributed by atoms with Crippen LogP contribution in [0, 0.1) is 11.6 Å². The Labute approximate surface area is 165 Å². The molecule has 1 aromatic rings. The summed E-state index contributed by atoms with van der Waals surface area (Å²) in [4.78, 5) is 37.2. The zero-order chi connectivity index (χ0) is 21.5. The van der Waals surface area contributed by atoms with E-state index >= 15 is 0 Å². The molecule has 3 amide bonds. The molecule has 2 aliphatic rings. The van der Waals surface area contributed by atoms with Crippen LogP contribution >= 0.6 is 0 Å². The van der Waals surface area contributed by atoms with Crippen LogP contribution in [0.3, 0.4) is 0 Å². The summed E-state index contributed by atoms with van der Waals surface area (Å²) in [6.07, 6.45) is -3.17. The van der Waals surface area contributed by atoms with Crippen LogP contribution in [0.25, 0.3) is 0 Å². The second-order valence-corrected chi connectivity index (χ2v) is 7.63. The first-order valence-corrected chi connectivity index (χ1v) is 8.84. The average molecular weight is 413 g/mol. The van der Waals surface area contributed by atoms with E-state index in [9.17, 15) is 23.2 Å². The van der Waals surface area contributed by atoms with E-state index in [1.165, 1.54) is 7.05 Å². The summed E-state index contributed by atoms with van der Waals surface area (Å²) in [5.74, 6) is -1.77. The van der Waals surface area contributed by atoms with Gasteiger partial charge in [-0.3, -0.25) is 9.80 Å². The highest BCUT2D eigenvalue weighted by atomic mass is 19.1. The van der Waals surface area contributed by atoms with E-state index in [0.717, 1.165) is 15.9 Å². The molecule has 0 bridgehead atoms. The molecule has 0 radical (unpaired) electrons. The lowest BCUT2D eigenvalue weighted by atomic mass is 10.1. The highest BCUT2D eigenvalue weighted by Gasteiger charge is 2.38. The summed E-state index contributed by atoms with van der Waals surface area (Å²) in [6, 6.07) is 0.828. The third kappa shape index (κ3) is 4.17. The number of hydrogen-bond donors (Lipinski definition) is 1. The topological polar surface area (TPSA) is 97.4 Å². The van der Waals surface area contributed by atoms with Gasteiger partial charge >= 0.3 is 18.3 Å². The molecule has 2 aliphatic heterocycles. The lowest BCUT2D eigenvalue weighted by molar-refractivity contribution is 0.0496. The van der Waals surface area contributed by atoms with Crippen LogP contribution in [-0.4, -0.2) is 50.1 Å². The number of rotatable bonds is 3. The number of ether oxygens (including phenoxy) is 3. The fourth-order valence-corrected chi connectivity index (χ4v) is 3.00. The maximum Gasteiger partial charge on any atom is 0.414 e. The van der Waals surface area contributed by atoms with Crippen LogP contribution in [0.5, 0.6) is 0 Å². The van der Waals surface area contributed by atoms with Gasteiger partial charge in [-0.05, 0) is 20.8 Å². The normalized spacial score (nSPS) is 18.9. The van der Waals surface area contributed by atoms with Crippen LogP contribution in [0.1, 0.15) is 26.3 Å². The zero-order valence-corrected chi connectivity index (χ0v) is 16.4. The third-order valence-electron chi connectivity index (χ3n) is 4.25. The molecule has 158 valence electrons. The Balaban J connectivity index is 1.75. The molecule has 0 saturated carbocycles. The fourth-order valence-electron chi connectivity index (χ4n) is 3.00. The molecule has 1 fully saturated rings. The van der Waals surface area contributed by atoms with Crippen molar-refractivity contribution in [2.75, 3.05) is 29.9 Å². The van der Waals surface area contributed by atoms with E-state index in [-0.39, 0.29) is 30.0 Å². The molecule has 29 heavy (non-hydrogen) atoms. The van der Waals surface area contributed by atoms with Crippen LogP contribution in [0.2, 0.25) is 0 Å². The van der Waals surface area contributed by atoms with Gasteiger partial charge in [0.05, 0.1) is 30.0 Å². The van der Waals surface area contributed by atoms with Crippen molar-refractivity contribution in [3.05, 3.63) is 23.3 Å². The lowest BCUT2D eigenvalue weighted by Crippen LogP contribution is -2.38. The molecule has 0 spiro atoms. The first-order chi connectivity index (χ1) is 13.5. The van der Waals surface area contributed by atoms with Crippen molar-refractivity contribution < 1.29 is 37.4 Å². The number of halogens is 2. The number of carbonyl (C=O) groups excluding carboxylic acids is 3. The van der Waals surface area contributed by atoms with Gasteiger partial charge in [0, 0.05) is 13.1 Å². The summed E-state index contributed by atoms with van der Waals surface area (Å²) in [5, 5.41) is 2.46. The summed E-state index contributed by atoms with van der Waals surface area (Å²) >= 11 is 0. The van der Waals surface area contributed by atoms with Crippen LogP contribution < -0.4 is 15.1 Å². The number of anilines is 2.